The quantitative estimate of drug-likeness (QED) is 0.395. The molecule has 38 heavy (non-hydrogen) atoms. The van der Waals surface area contributed by atoms with Crippen molar-refractivity contribution in [3.8, 4) is 5.69 Å². The van der Waals surface area contributed by atoms with Gasteiger partial charge in [-0.1, -0.05) is 18.6 Å². The van der Waals surface area contributed by atoms with Crippen LogP contribution in [0.1, 0.15) is 47.8 Å². The first-order valence-electron chi connectivity index (χ1n) is 12.7. The summed E-state index contributed by atoms with van der Waals surface area (Å²) in [7, 11) is 3.80. The number of piperidine rings is 1. The summed E-state index contributed by atoms with van der Waals surface area (Å²) in [5, 5.41) is 8.17. The molecule has 0 N–H and O–H groups in total. The summed E-state index contributed by atoms with van der Waals surface area (Å²) in [4.78, 5) is 15.6. The minimum atomic E-state index is -4.60. The fourth-order valence-corrected chi connectivity index (χ4v) is 5.78. The molecule has 0 amide bonds. The van der Waals surface area contributed by atoms with Crippen LogP contribution in [0.3, 0.4) is 0 Å². The van der Waals surface area contributed by atoms with Crippen LogP contribution < -0.4 is 5.69 Å². The van der Waals surface area contributed by atoms with Crippen LogP contribution in [0.5, 0.6) is 0 Å². The number of imidazole rings is 1. The zero-order valence-electron chi connectivity index (χ0n) is 21.3. The van der Waals surface area contributed by atoms with Crippen LogP contribution in [-0.2, 0) is 29.8 Å². The van der Waals surface area contributed by atoms with E-state index >= 15 is 0 Å². The van der Waals surface area contributed by atoms with Gasteiger partial charge in [0.15, 0.2) is 0 Å². The van der Waals surface area contributed by atoms with Crippen LogP contribution in [-0.4, -0.2) is 55.4 Å². The zero-order chi connectivity index (χ0) is 26.7. The third kappa shape index (κ3) is 4.14. The Balaban J connectivity index is 1.45. The van der Waals surface area contributed by atoms with Crippen molar-refractivity contribution in [2.75, 3.05) is 26.8 Å². The Bertz CT molecular complexity index is 1550. The molecule has 2 aliphatic heterocycles. The number of alkyl halides is 3. The molecule has 2 fully saturated rings. The second-order valence-corrected chi connectivity index (χ2v) is 10.6. The average molecular weight is 527 g/mol. The van der Waals surface area contributed by atoms with E-state index in [1.165, 1.54) is 16.8 Å². The molecular formula is C27H29F3N6O2. The predicted octanol–water partition coefficient (Wildman–Crippen LogP) is 3.91. The molecule has 200 valence electrons. The molecule has 8 nitrogen and oxygen atoms in total. The Morgan fingerprint density at radius 2 is 1.95 bits per heavy atom. The lowest BCUT2D eigenvalue weighted by atomic mass is 9.75. The Kier molecular flexibility index (Phi) is 5.95. The molecule has 1 unspecified atom stereocenters. The summed E-state index contributed by atoms with van der Waals surface area (Å²) in [5.41, 5.74) is 0.111. The lowest BCUT2D eigenvalue weighted by Crippen LogP contribution is -2.49. The number of benzene rings is 1. The number of hydrogen-bond donors (Lipinski definition) is 0. The summed E-state index contributed by atoms with van der Waals surface area (Å²) < 4.78 is 52.6. The number of ether oxygens (including phenoxy) is 1. The van der Waals surface area contributed by atoms with Gasteiger partial charge >= 0.3 is 11.9 Å². The third-order valence-corrected chi connectivity index (χ3v) is 8.04. The number of fused-ring (bicyclic) bond motifs is 1. The van der Waals surface area contributed by atoms with Gasteiger partial charge in [-0.25, -0.2) is 4.79 Å². The summed E-state index contributed by atoms with van der Waals surface area (Å²) in [6.45, 7) is 1.77. The van der Waals surface area contributed by atoms with Gasteiger partial charge in [0, 0.05) is 37.3 Å². The van der Waals surface area contributed by atoms with Crippen LogP contribution in [0.4, 0.5) is 13.2 Å². The summed E-state index contributed by atoms with van der Waals surface area (Å²) in [6.07, 6.45) is 3.22. The molecule has 0 spiro atoms. The molecular weight excluding hydrogens is 497 g/mol. The van der Waals surface area contributed by atoms with Crippen molar-refractivity contribution < 1.29 is 17.9 Å². The molecule has 0 radical (unpaired) electrons. The number of rotatable bonds is 5. The topological polar surface area (TPSA) is 69.6 Å². The molecule has 3 aromatic heterocycles. The highest BCUT2D eigenvalue weighted by Crippen LogP contribution is 2.38. The van der Waals surface area contributed by atoms with Crippen molar-refractivity contribution in [3.63, 3.8) is 0 Å². The molecule has 6 rings (SSSR count). The fraction of sp³-hybridized carbons (Fsp3) is 0.444. The second kappa shape index (κ2) is 9.09. The number of halogens is 3. The first-order valence-corrected chi connectivity index (χ1v) is 12.7. The zero-order valence-corrected chi connectivity index (χ0v) is 21.3. The van der Waals surface area contributed by atoms with Gasteiger partial charge in [-0.2, -0.15) is 13.2 Å². The van der Waals surface area contributed by atoms with Gasteiger partial charge < -0.3 is 9.30 Å². The predicted molar refractivity (Wildman–Crippen MR) is 134 cm³/mol. The van der Waals surface area contributed by atoms with Crippen molar-refractivity contribution in [1.82, 2.24) is 28.6 Å². The Morgan fingerprint density at radius 3 is 2.61 bits per heavy atom. The van der Waals surface area contributed by atoms with Gasteiger partial charge in [0.1, 0.15) is 12.2 Å². The van der Waals surface area contributed by atoms with Crippen LogP contribution in [0.15, 0.2) is 53.8 Å². The van der Waals surface area contributed by atoms with E-state index < -0.39 is 17.4 Å². The number of likely N-dealkylation sites (tertiary alicyclic amines) is 1. The van der Waals surface area contributed by atoms with E-state index in [1.807, 2.05) is 36.9 Å². The first kappa shape index (κ1) is 24.9. The minimum absolute atomic E-state index is 0.157. The highest BCUT2D eigenvalue weighted by molar-refractivity contribution is 5.58. The molecule has 11 heteroatoms. The van der Waals surface area contributed by atoms with Crippen LogP contribution >= 0.6 is 0 Å². The van der Waals surface area contributed by atoms with Gasteiger partial charge in [-0.3, -0.25) is 13.9 Å². The van der Waals surface area contributed by atoms with Crippen LogP contribution in [0.25, 0.3) is 11.2 Å². The van der Waals surface area contributed by atoms with Crippen LogP contribution in [0.2, 0.25) is 0 Å². The van der Waals surface area contributed by atoms with E-state index in [0.29, 0.717) is 30.9 Å². The summed E-state index contributed by atoms with van der Waals surface area (Å²) in [5.74, 6) is 0.806. The third-order valence-electron chi connectivity index (χ3n) is 8.04. The molecule has 1 aromatic carbocycles. The van der Waals surface area contributed by atoms with Gasteiger partial charge in [0.2, 0.25) is 0 Å². The van der Waals surface area contributed by atoms with Crippen LogP contribution in [0, 0.1) is 0 Å². The van der Waals surface area contributed by atoms with Crippen molar-refractivity contribution in [3.05, 3.63) is 82.1 Å². The maximum atomic E-state index is 14.2. The lowest BCUT2D eigenvalue weighted by Gasteiger charge is -2.41. The van der Waals surface area contributed by atoms with Crippen molar-refractivity contribution in [2.24, 2.45) is 7.05 Å². The minimum Gasteiger partial charge on any atom is -0.379 e. The molecule has 0 saturated carbocycles. The fourth-order valence-electron chi connectivity index (χ4n) is 5.78. The van der Waals surface area contributed by atoms with Crippen molar-refractivity contribution >= 4 is 5.52 Å². The number of nitrogens with zero attached hydrogens (tertiary/aromatic N) is 6. The highest BCUT2D eigenvalue weighted by Gasteiger charge is 2.42. The Hall–Kier alpha value is -3.44. The maximum absolute atomic E-state index is 14.2. The van der Waals surface area contributed by atoms with Crippen molar-refractivity contribution in [1.29, 1.82) is 0 Å². The first-order chi connectivity index (χ1) is 18.2. The number of hydrogen-bond acceptors (Lipinski definition) is 5. The van der Waals surface area contributed by atoms with E-state index in [-0.39, 0.29) is 17.0 Å². The van der Waals surface area contributed by atoms with Gasteiger partial charge in [0.05, 0.1) is 30.0 Å². The summed E-state index contributed by atoms with van der Waals surface area (Å²) in [6, 6.07) is 8.44. The van der Waals surface area contributed by atoms with E-state index in [0.717, 1.165) is 41.6 Å². The van der Waals surface area contributed by atoms with Gasteiger partial charge in [0.25, 0.3) is 0 Å². The average Bonchev–Trinajstić information content (AvgIpc) is 3.43. The molecule has 0 bridgehead atoms. The van der Waals surface area contributed by atoms with E-state index in [1.54, 1.807) is 18.6 Å². The van der Waals surface area contributed by atoms with E-state index in [2.05, 4.69) is 15.1 Å². The van der Waals surface area contributed by atoms with Crippen molar-refractivity contribution in [2.45, 2.75) is 43.3 Å². The number of aryl methyl sites for hydroxylation is 1. The number of pyridine rings is 1. The SMILES string of the molecule is CN1CCCCC1c1cc(C(F)(F)F)c2cn(-c3cccc(C4(Cc5nncn5C)COC4)c3)c(=O)n2c1. The highest BCUT2D eigenvalue weighted by atomic mass is 19.4. The van der Waals surface area contributed by atoms with Gasteiger partial charge in [-0.05, 0) is 55.8 Å². The molecule has 2 saturated heterocycles. The van der Waals surface area contributed by atoms with Gasteiger partial charge in [-0.15, -0.1) is 10.2 Å². The normalized spacial score (nSPS) is 20.1. The molecule has 1 atom stereocenters. The molecule has 5 heterocycles. The second-order valence-electron chi connectivity index (χ2n) is 10.6. The standard InChI is InChI=1S/C27H29F3N6O2/c1-33-9-4-3-8-22(33)18-10-21(27(28,29)30)23-14-35(25(37)36(23)13-18)20-7-5-6-19(11-20)26(15-38-16-26)12-24-32-31-17-34(24)2/h5-7,10-11,13-14,17,22H,3-4,8-9,12,15-16H2,1-2H3. The Morgan fingerprint density at radius 1 is 1.13 bits per heavy atom. The largest absolute Gasteiger partial charge is 0.418 e. The summed E-state index contributed by atoms with van der Waals surface area (Å²) >= 11 is 0. The molecule has 4 aromatic rings. The molecule has 2 aliphatic rings. The van der Waals surface area contributed by atoms with E-state index in [4.69, 9.17) is 4.74 Å². The number of aromatic nitrogens is 5. The smallest absolute Gasteiger partial charge is 0.379 e. The van der Waals surface area contributed by atoms with E-state index in [9.17, 15) is 18.0 Å². The lowest BCUT2D eigenvalue weighted by molar-refractivity contribution is -0.136. The maximum Gasteiger partial charge on any atom is 0.418 e. The Labute approximate surface area is 217 Å². The monoisotopic (exact) mass is 526 g/mol. The molecule has 0 aliphatic carbocycles.